The first-order valence-electron chi connectivity index (χ1n) is 7.84. The van der Waals surface area contributed by atoms with E-state index < -0.39 is 11.6 Å². The maximum absolute atomic E-state index is 13.3. The average Bonchev–Trinajstić information content (AvgIpc) is 2.59. The van der Waals surface area contributed by atoms with Gasteiger partial charge in [0.25, 0.3) is 0 Å². The number of nitrogens with zero attached hydrogens (tertiary/aromatic N) is 3. The predicted molar refractivity (Wildman–Crippen MR) is 89.5 cm³/mol. The number of piperidine rings is 1. The molecule has 2 heterocycles. The van der Waals surface area contributed by atoms with E-state index in [9.17, 15) is 14.0 Å². The number of hydrogen-bond donors (Lipinski definition) is 0. The molecule has 0 spiro atoms. The quantitative estimate of drug-likeness (QED) is 0.830. The summed E-state index contributed by atoms with van der Waals surface area (Å²) in [5, 5.41) is 9.24. The highest BCUT2D eigenvalue weighted by atomic mass is 19.2. The Morgan fingerprint density at radius 3 is 2.54 bits per heavy atom. The van der Waals surface area contributed by atoms with Crippen molar-refractivity contribution in [2.24, 2.45) is 0 Å². The second-order valence-corrected chi connectivity index (χ2v) is 5.90. The van der Waals surface area contributed by atoms with E-state index in [0.29, 0.717) is 11.1 Å². The third-order valence-electron chi connectivity index (χ3n) is 4.15. The molecule has 2 aromatic rings. The van der Waals surface area contributed by atoms with Gasteiger partial charge in [0.05, 0.1) is 5.56 Å². The van der Waals surface area contributed by atoms with E-state index in [0.717, 1.165) is 43.5 Å². The smallest absolute Gasteiger partial charge is 0.159 e. The van der Waals surface area contributed by atoms with Crippen molar-refractivity contribution in [3.05, 3.63) is 64.4 Å². The highest BCUT2D eigenvalue weighted by molar-refractivity contribution is 5.57. The Balaban J connectivity index is 1.74. The van der Waals surface area contributed by atoms with Crippen molar-refractivity contribution < 1.29 is 8.78 Å². The zero-order chi connectivity index (χ0) is 17.1. The van der Waals surface area contributed by atoms with Crippen molar-refractivity contribution in [2.45, 2.75) is 19.8 Å². The molecular formula is C19H17F2N3. The summed E-state index contributed by atoms with van der Waals surface area (Å²) in [4.78, 5) is 6.60. The van der Waals surface area contributed by atoms with E-state index in [1.54, 1.807) is 12.1 Å². The lowest BCUT2D eigenvalue weighted by molar-refractivity contribution is 0.508. The van der Waals surface area contributed by atoms with Gasteiger partial charge in [0.15, 0.2) is 11.6 Å². The van der Waals surface area contributed by atoms with E-state index in [2.05, 4.69) is 16.0 Å². The topological polar surface area (TPSA) is 39.9 Å². The molecule has 122 valence electrons. The summed E-state index contributed by atoms with van der Waals surface area (Å²) >= 11 is 0. The van der Waals surface area contributed by atoms with Gasteiger partial charge >= 0.3 is 0 Å². The molecule has 1 fully saturated rings. The van der Waals surface area contributed by atoms with Crippen LogP contribution in [0.15, 0.2) is 35.9 Å². The van der Waals surface area contributed by atoms with Crippen molar-refractivity contribution >= 4 is 11.9 Å². The summed E-state index contributed by atoms with van der Waals surface area (Å²) in [6.45, 7) is 3.41. The molecule has 1 aromatic carbocycles. The Morgan fingerprint density at radius 1 is 1.12 bits per heavy atom. The minimum atomic E-state index is -0.832. The maximum Gasteiger partial charge on any atom is 0.159 e. The molecule has 24 heavy (non-hydrogen) atoms. The number of hydrogen-bond acceptors (Lipinski definition) is 3. The predicted octanol–water partition coefficient (Wildman–Crippen LogP) is 4.22. The van der Waals surface area contributed by atoms with E-state index in [1.165, 1.54) is 11.6 Å². The zero-order valence-electron chi connectivity index (χ0n) is 13.4. The van der Waals surface area contributed by atoms with Gasteiger partial charge in [0.1, 0.15) is 11.9 Å². The van der Waals surface area contributed by atoms with Crippen LogP contribution in [0.25, 0.3) is 6.08 Å². The minimum absolute atomic E-state index is 0.577. The van der Waals surface area contributed by atoms with Crippen molar-refractivity contribution in [1.82, 2.24) is 4.98 Å². The van der Waals surface area contributed by atoms with Gasteiger partial charge in [-0.3, -0.25) is 0 Å². The first kappa shape index (κ1) is 16.1. The lowest BCUT2D eigenvalue weighted by Gasteiger charge is -2.30. The molecule has 5 heteroatoms. The van der Waals surface area contributed by atoms with Crippen LogP contribution in [0.1, 0.15) is 29.7 Å². The van der Waals surface area contributed by atoms with Crippen LogP contribution in [0.4, 0.5) is 14.6 Å². The lowest BCUT2D eigenvalue weighted by atomic mass is 10.0. The van der Waals surface area contributed by atoms with E-state index in [4.69, 9.17) is 0 Å². The number of nitriles is 1. The molecule has 0 saturated carbocycles. The molecule has 0 aliphatic carbocycles. The molecule has 1 aliphatic rings. The summed E-state index contributed by atoms with van der Waals surface area (Å²) in [5.74, 6) is -0.935. The highest BCUT2D eigenvalue weighted by Crippen LogP contribution is 2.26. The normalized spacial score (nSPS) is 14.4. The fourth-order valence-corrected chi connectivity index (χ4v) is 2.86. The Labute approximate surface area is 139 Å². The molecule has 0 amide bonds. The summed E-state index contributed by atoms with van der Waals surface area (Å²) < 4.78 is 26.3. The molecule has 0 N–H and O–H groups in total. The largest absolute Gasteiger partial charge is 0.355 e. The number of aryl methyl sites for hydroxylation is 1. The van der Waals surface area contributed by atoms with E-state index in [-0.39, 0.29) is 0 Å². The molecule has 0 atom stereocenters. The van der Waals surface area contributed by atoms with Crippen LogP contribution < -0.4 is 4.90 Å². The van der Waals surface area contributed by atoms with Crippen LogP contribution in [0, 0.1) is 29.9 Å². The van der Waals surface area contributed by atoms with Gasteiger partial charge in [-0.1, -0.05) is 17.7 Å². The van der Waals surface area contributed by atoms with Gasteiger partial charge in [-0.25, -0.2) is 13.8 Å². The Bertz CT molecular complexity index is 827. The Kier molecular flexibility index (Phi) is 4.57. The summed E-state index contributed by atoms with van der Waals surface area (Å²) in [7, 11) is 0. The molecule has 0 bridgehead atoms. The third-order valence-corrected chi connectivity index (χ3v) is 4.15. The van der Waals surface area contributed by atoms with Crippen molar-refractivity contribution in [1.29, 1.82) is 5.26 Å². The van der Waals surface area contributed by atoms with Crippen LogP contribution in [-0.4, -0.2) is 18.1 Å². The summed E-state index contributed by atoms with van der Waals surface area (Å²) in [6.07, 6.45) is 3.52. The molecule has 3 nitrogen and oxygen atoms in total. The standard InChI is InChI=1S/C19H17F2N3/c1-13-2-4-16(12-22)19(23-13)24-8-6-14(7-9-24)10-15-3-5-17(20)18(21)11-15/h2-5,10-11H,6-9H2,1H3. The molecule has 1 saturated heterocycles. The first-order valence-corrected chi connectivity index (χ1v) is 7.84. The first-order chi connectivity index (χ1) is 11.6. The van der Waals surface area contributed by atoms with Crippen LogP contribution >= 0.6 is 0 Å². The lowest BCUT2D eigenvalue weighted by Crippen LogP contribution is -2.32. The molecule has 3 rings (SSSR count). The molecule has 0 unspecified atom stereocenters. The second kappa shape index (κ2) is 6.79. The fourth-order valence-electron chi connectivity index (χ4n) is 2.86. The van der Waals surface area contributed by atoms with Gasteiger partial charge in [-0.05, 0) is 49.6 Å². The van der Waals surface area contributed by atoms with Gasteiger partial charge < -0.3 is 4.90 Å². The summed E-state index contributed by atoms with van der Waals surface area (Å²) in [6, 6.07) is 9.75. The molecule has 0 radical (unpaired) electrons. The van der Waals surface area contributed by atoms with Crippen LogP contribution in [-0.2, 0) is 0 Å². The van der Waals surface area contributed by atoms with Crippen molar-refractivity contribution in [3.8, 4) is 6.07 Å². The van der Waals surface area contributed by atoms with E-state index in [1.807, 2.05) is 19.1 Å². The van der Waals surface area contributed by atoms with Crippen molar-refractivity contribution in [3.63, 3.8) is 0 Å². The Hall–Kier alpha value is -2.74. The number of benzene rings is 1. The van der Waals surface area contributed by atoms with Crippen LogP contribution in [0.3, 0.4) is 0 Å². The zero-order valence-corrected chi connectivity index (χ0v) is 13.4. The van der Waals surface area contributed by atoms with Gasteiger partial charge in [0.2, 0.25) is 0 Å². The number of halogens is 2. The monoisotopic (exact) mass is 325 g/mol. The number of rotatable bonds is 2. The van der Waals surface area contributed by atoms with Crippen LogP contribution in [0.5, 0.6) is 0 Å². The maximum atomic E-state index is 13.3. The molecular weight excluding hydrogens is 308 g/mol. The van der Waals surface area contributed by atoms with E-state index >= 15 is 0 Å². The average molecular weight is 325 g/mol. The van der Waals surface area contributed by atoms with Crippen molar-refractivity contribution in [2.75, 3.05) is 18.0 Å². The minimum Gasteiger partial charge on any atom is -0.355 e. The van der Waals surface area contributed by atoms with Crippen LogP contribution in [0.2, 0.25) is 0 Å². The number of pyridine rings is 1. The fraction of sp³-hybridized carbons (Fsp3) is 0.263. The summed E-state index contributed by atoms with van der Waals surface area (Å²) in [5.41, 5.74) is 3.31. The van der Waals surface area contributed by atoms with Gasteiger partial charge in [0, 0.05) is 18.8 Å². The van der Waals surface area contributed by atoms with Gasteiger partial charge in [-0.2, -0.15) is 5.26 Å². The third kappa shape index (κ3) is 3.43. The SMILES string of the molecule is Cc1ccc(C#N)c(N2CCC(=Cc3ccc(F)c(F)c3)CC2)n1. The highest BCUT2D eigenvalue weighted by Gasteiger charge is 2.18. The second-order valence-electron chi connectivity index (χ2n) is 5.90. The molecule has 1 aromatic heterocycles. The molecule has 1 aliphatic heterocycles. The number of aromatic nitrogens is 1. The van der Waals surface area contributed by atoms with Gasteiger partial charge in [-0.15, -0.1) is 0 Å². The Morgan fingerprint density at radius 2 is 1.88 bits per heavy atom. The number of anilines is 1.